The van der Waals surface area contributed by atoms with Crippen molar-refractivity contribution in [2.24, 2.45) is 0 Å². The minimum Gasteiger partial charge on any atom is -0.274 e. The molecule has 2 nitrogen and oxygen atoms in total. The van der Waals surface area contributed by atoms with Crippen LogP contribution in [0.25, 0.3) is 0 Å². The van der Waals surface area contributed by atoms with Gasteiger partial charge in [-0.3, -0.25) is 10.3 Å². The molecule has 0 aromatic carbocycles. The maximum atomic E-state index is 5.15. The second kappa shape index (κ2) is 2.44. The van der Waals surface area contributed by atoms with Gasteiger partial charge in [0.1, 0.15) is 6.10 Å². The molecule has 52 valence electrons. The van der Waals surface area contributed by atoms with Gasteiger partial charge in [-0.15, -0.1) is 11.3 Å². The molecule has 1 aliphatic rings. The van der Waals surface area contributed by atoms with E-state index in [0.29, 0.717) is 0 Å². The molecule has 1 unspecified atom stereocenters. The van der Waals surface area contributed by atoms with Crippen LogP contribution in [0.5, 0.6) is 0 Å². The van der Waals surface area contributed by atoms with Gasteiger partial charge in [-0.1, -0.05) is 6.07 Å². The summed E-state index contributed by atoms with van der Waals surface area (Å²) in [6.45, 7) is 0. The number of nitrogens with one attached hydrogen (secondary N) is 1. The SMILES string of the molecule is C1=CC(c2cccs2)ON1. The van der Waals surface area contributed by atoms with E-state index in [0.717, 1.165) is 0 Å². The van der Waals surface area contributed by atoms with Crippen LogP contribution in [-0.4, -0.2) is 0 Å². The molecular formula is C7H7NOS. The van der Waals surface area contributed by atoms with Gasteiger partial charge < -0.3 is 0 Å². The van der Waals surface area contributed by atoms with Gasteiger partial charge in [0.15, 0.2) is 0 Å². The average molecular weight is 153 g/mol. The standard InChI is InChI=1S/C7H7NOS/c1-2-7(10-5-1)6-3-4-8-9-6/h1-6,8H. The largest absolute Gasteiger partial charge is 0.274 e. The van der Waals surface area contributed by atoms with Crippen LogP contribution >= 0.6 is 11.3 Å². The van der Waals surface area contributed by atoms with Crippen molar-refractivity contribution in [2.45, 2.75) is 6.10 Å². The van der Waals surface area contributed by atoms with Crippen molar-refractivity contribution in [3.63, 3.8) is 0 Å². The lowest BCUT2D eigenvalue weighted by Gasteiger charge is -2.02. The van der Waals surface area contributed by atoms with Gasteiger partial charge in [-0.05, 0) is 17.5 Å². The quantitative estimate of drug-likeness (QED) is 0.664. The van der Waals surface area contributed by atoms with Gasteiger partial charge in [-0.25, -0.2) is 0 Å². The van der Waals surface area contributed by atoms with E-state index >= 15 is 0 Å². The highest BCUT2D eigenvalue weighted by atomic mass is 32.1. The molecule has 0 bridgehead atoms. The number of thiophene rings is 1. The van der Waals surface area contributed by atoms with Crippen molar-refractivity contribution >= 4 is 11.3 Å². The third-order valence-electron chi connectivity index (χ3n) is 1.36. The zero-order chi connectivity index (χ0) is 6.81. The molecule has 1 N–H and O–H groups in total. The Morgan fingerprint density at radius 3 is 3.20 bits per heavy atom. The average Bonchev–Trinajstić information content (AvgIpc) is 2.59. The van der Waals surface area contributed by atoms with Crippen molar-refractivity contribution in [2.75, 3.05) is 0 Å². The fourth-order valence-corrected chi connectivity index (χ4v) is 1.62. The first-order chi connectivity index (χ1) is 4.97. The summed E-state index contributed by atoms with van der Waals surface area (Å²) in [6.07, 6.45) is 3.93. The van der Waals surface area contributed by atoms with Gasteiger partial charge in [0.2, 0.25) is 0 Å². The molecule has 10 heavy (non-hydrogen) atoms. The molecule has 0 amide bonds. The predicted molar refractivity (Wildman–Crippen MR) is 40.4 cm³/mol. The molecule has 0 radical (unpaired) electrons. The van der Waals surface area contributed by atoms with Gasteiger partial charge in [0.25, 0.3) is 0 Å². The number of hydrogen-bond acceptors (Lipinski definition) is 3. The van der Waals surface area contributed by atoms with Crippen molar-refractivity contribution in [1.82, 2.24) is 5.48 Å². The molecule has 0 spiro atoms. The summed E-state index contributed by atoms with van der Waals surface area (Å²) < 4.78 is 0. The van der Waals surface area contributed by atoms with Gasteiger partial charge in [0.05, 0.1) is 0 Å². The molecule has 0 saturated carbocycles. The molecule has 1 aromatic rings. The van der Waals surface area contributed by atoms with Crippen LogP contribution in [0.15, 0.2) is 29.8 Å². The molecule has 2 rings (SSSR count). The van der Waals surface area contributed by atoms with E-state index in [1.165, 1.54) is 4.88 Å². The van der Waals surface area contributed by atoms with E-state index in [2.05, 4.69) is 11.5 Å². The van der Waals surface area contributed by atoms with E-state index in [1.54, 1.807) is 11.3 Å². The minimum absolute atomic E-state index is 0.125. The summed E-state index contributed by atoms with van der Waals surface area (Å²) >= 11 is 1.70. The Balaban J connectivity index is 2.20. The van der Waals surface area contributed by atoms with Crippen LogP contribution in [0.3, 0.4) is 0 Å². The molecule has 1 aliphatic heterocycles. The van der Waals surface area contributed by atoms with Crippen LogP contribution in [0.1, 0.15) is 11.0 Å². The third kappa shape index (κ3) is 0.936. The van der Waals surface area contributed by atoms with Crippen molar-refractivity contribution in [3.8, 4) is 0 Å². The van der Waals surface area contributed by atoms with E-state index in [1.807, 2.05) is 23.7 Å². The van der Waals surface area contributed by atoms with Crippen LogP contribution in [-0.2, 0) is 4.84 Å². The Labute approximate surface area is 63.1 Å². The summed E-state index contributed by atoms with van der Waals surface area (Å²) in [5.41, 5.74) is 2.69. The first-order valence-electron chi connectivity index (χ1n) is 3.08. The highest BCUT2D eigenvalue weighted by Crippen LogP contribution is 2.24. The molecule has 1 atom stereocenters. The second-order valence-electron chi connectivity index (χ2n) is 2.03. The first-order valence-corrected chi connectivity index (χ1v) is 3.96. The Morgan fingerprint density at radius 2 is 2.60 bits per heavy atom. The Hall–Kier alpha value is -0.800. The highest BCUT2D eigenvalue weighted by Gasteiger charge is 2.12. The smallest absolute Gasteiger partial charge is 0.139 e. The molecule has 0 aliphatic carbocycles. The molecule has 0 fully saturated rings. The summed E-state index contributed by atoms with van der Waals surface area (Å²) in [7, 11) is 0. The zero-order valence-corrected chi connectivity index (χ0v) is 6.10. The maximum absolute atomic E-state index is 5.15. The molecule has 2 heterocycles. The monoisotopic (exact) mass is 153 g/mol. The molecule has 0 saturated heterocycles. The normalized spacial score (nSPS) is 23.0. The lowest BCUT2D eigenvalue weighted by molar-refractivity contribution is 0.0490. The Morgan fingerprint density at radius 1 is 1.60 bits per heavy atom. The topological polar surface area (TPSA) is 21.3 Å². The van der Waals surface area contributed by atoms with Gasteiger partial charge >= 0.3 is 0 Å². The van der Waals surface area contributed by atoms with Crippen molar-refractivity contribution < 1.29 is 4.84 Å². The van der Waals surface area contributed by atoms with Crippen molar-refractivity contribution in [3.05, 3.63) is 34.7 Å². The first kappa shape index (κ1) is 5.95. The fraction of sp³-hybridized carbons (Fsp3) is 0.143. The summed E-state index contributed by atoms with van der Waals surface area (Å²) in [5, 5.41) is 2.05. The Bertz CT molecular complexity index is 230. The fourth-order valence-electron chi connectivity index (χ4n) is 0.885. The predicted octanol–water partition coefficient (Wildman–Crippen LogP) is 1.84. The number of hydrogen-bond donors (Lipinski definition) is 1. The van der Waals surface area contributed by atoms with E-state index in [-0.39, 0.29) is 6.10 Å². The lowest BCUT2D eigenvalue weighted by atomic mass is 10.3. The number of hydroxylamine groups is 1. The summed E-state index contributed by atoms with van der Waals surface area (Å²) in [4.78, 5) is 6.38. The lowest BCUT2D eigenvalue weighted by Crippen LogP contribution is -2.01. The van der Waals surface area contributed by atoms with Crippen molar-refractivity contribution in [1.29, 1.82) is 0 Å². The zero-order valence-electron chi connectivity index (χ0n) is 5.28. The van der Waals surface area contributed by atoms with Gasteiger partial charge in [0, 0.05) is 11.1 Å². The molecule has 1 aromatic heterocycles. The molecule has 3 heteroatoms. The summed E-state index contributed by atoms with van der Waals surface area (Å²) in [5.74, 6) is 0. The summed E-state index contributed by atoms with van der Waals surface area (Å²) in [6, 6.07) is 4.09. The highest BCUT2D eigenvalue weighted by molar-refractivity contribution is 7.10. The van der Waals surface area contributed by atoms with Gasteiger partial charge in [-0.2, -0.15) is 0 Å². The van der Waals surface area contributed by atoms with Crippen LogP contribution in [0, 0.1) is 0 Å². The van der Waals surface area contributed by atoms with E-state index in [9.17, 15) is 0 Å². The number of rotatable bonds is 1. The van der Waals surface area contributed by atoms with Crippen LogP contribution in [0.2, 0.25) is 0 Å². The molecular weight excluding hydrogens is 146 g/mol. The van der Waals surface area contributed by atoms with E-state index in [4.69, 9.17) is 4.84 Å². The second-order valence-corrected chi connectivity index (χ2v) is 3.01. The van der Waals surface area contributed by atoms with E-state index < -0.39 is 0 Å². The third-order valence-corrected chi connectivity index (χ3v) is 2.29. The van der Waals surface area contributed by atoms with Crippen LogP contribution < -0.4 is 5.48 Å². The maximum Gasteiger partial charge on any atom is 0.139 e. The minimum atomic E-state index is 0.125. The van der Waals surface area contributed by atoms with Crippen LogP contribution in [0.4, 0.5) is 0 Å². The Kier molecular flexibility index (Phi) is 1.45.